The van der Waals surface area contributed by atoms with Crippen LogP contribution in [0.25, 0.3) is 0 Å². The van der Waals surface area contributed by atoms with Gasteiger partial charge in [0.05, 0.1) is 13.7 Å². The number of ether oxygens (including phenoxy) is 1. The molecule has 0 amide bonds. The molecule has 0 bridgehead atoms. The molecule has 0 radical (unpaired) electrons. The van der Waals surface area contributed by atoms with Crippen molar-refractivity contribution in [3.8, 4) is 5.75 Å². The number of rotatable bonds is 4. The van der Waals surface area contributed by atoms with E-state index in [0.717, 1.165) is 11.3 Å². The first-order valence-electron chi connectivity index (χ1n) is 4.60. The van der Waals surface area contributed by atoms with Crippen molar-refractivity contribution in [1.82, 2.24) is 14.9 Å². The molecule has 1 aromatic heterocycles. The lowest BCUT2D eigenvalue weighted by molar-refractivity contribution is 0.414. The van der Waals surface area contributed by atoms with Crippen molar-refractivity contribution in [1.29, 1.82) is 0 Å². The Morgan fingerprint density at radius 3 is 2.87 bits per heavy atom. The zero-order valence-electron chi connectivity index (χ0n) is 8.42. The fourth-order valence-electron chi connectivity index (χ4n) is 1.25. The molecule has 0 atom stereocenters. The van der Waals surface area contributed by atoms with Gasteiger partial charge in [0.25, 0.3) is 0 Å². The topological polar surface area (TPSA) is 52.0 Å². The van der Waals surface area contributed by atoms with Crippen LogP contribution in [0.5, 0.6) is 5.75 Å². The summed E-state index contributed by atoms with van der Waals surface area (Å²) >= 11 is 0. The highest BCUT2D eigenvalue weighted by Gasteiger charge is 1.95. The van der Waals surface area contributed by atoms with E-state index in [1.54, 1.807) is 24.4 Å². The first kappa shape index (κ1) is 9.51. The van der Waals surface area contributed by atoms with Gasteiger partial charge in [-0.05, 0) is 17.7 Å². The molecule has 0 fully saturated rings. The highest BCUT2D eigenvalue weighted by Crippen LogP contribution is 2.12. The molecule has 0 aliphatic heterocycles. The Labute approximate surface area is 87.7 Å². The number of nitrogens with one attached hydrogen (secondary N) is 1. The van der Waals surface area contributed by atoms with Gasteiger partial charge < -0.3 is 10.2 Å². The van der Waals surface area contributed by atoms with E-state index in [2.05, 4.69) is 15.6 Å². The molecule has 2 rings (SSSR count). The molecule has 1 aromatic carbocycles. The fourth-order valence-corrected chi connectivity index (χ4v) is 1.25. The van der Waals surface area contributed by atoms with Crippen molar-refractivity contribution >= 4 is 0 Å². The molecule has 2 aromatic rings. The van der Waals surface area contributed by atoms with Gasteiger partial charge in [0.2, 0.25) is 0 Å². The minimum absolute atomic E-state index is 0.704. The average molecular weight is 204 g/mol. The summed E-state index contributed by atoms with van der Waals surface area (Å²) in [5.41, 5.74) is 4.27. The number of aromatic nitrogens is 3. The van der Waals surface area contributed by atoms with Crippen molar-refractivity contribution in [2.75, 3.05) is 12.5 Å². The Morgan fingerprint density at radius 2 is 2.13 bits per heavy atom. The number of methoxy groups -OCH3 is 1. The number of benzene rings is 1. The maximum Gasteiger partial charge on any atom is 0.138 e. The highest BCUT2D eigenvalue weighted by atomic mass is 16.5. The van der Waals surface area contributed by atoms with Gasteiger partial charge in [0.1, 0.15) is 18.4 Å². The van der Waals surface area contributed by atoms with Crippen LogP contribution in [0.4, 0.5) is 0 Å². The smallest absolute Gasteiger partial charge is 0.138 e. The first-order valence-corrected chi connectivity index (χ1v) is 4.60. The average Bonchev–Trinajstić information content (AvgIpc) is 2.79. The summed E-state index contributed by atoms with van der Waals surface area (Å²) < 4.78 is 6.84. The quantitative estimate of drug-likeness (QED) is 0.808. The van der Waals surface area contributed by atoms with Gasteiger partial charge in [0, 0.05) is 0 Å². The minimum Gasteiger partial charge on any atom is -0.497 e. The number of hydrogen-bond donors (Lipinski definition) is 1. The van der Waals surface area contributed by atoms with Crippen molar-refractivity contribution < 1.29 is 4.74 Å². The third kappa shape index (κ3) is 2.46. The Bertz CT molecular complexity index is 413. The second-order valence-corrected chi connectivity index (χ2v) is 3.06. The van der Waals surface area contributed by atoms with Crippen LogP contribution >= 0.6 is 0 Å². The summed E-state index contributed by atoms with van der Waals surface area (Å²) in [7, 11) is 1.66. The molecule has 0 saturated heterocycles. The molecule has 1 N–H and O–H groups in total. The van der Waals surface area contributed by atoms with E-state index < -0.39 is 0 Å². The predicted molar refractivity (Wildman–Crippen MR) is 56.1 cm³/mol. The van der Waals surface area contributed by atoms with E-state index in [-0.39, 0.29) is 0 Å². The second-order valence-electron chi connectivity index (χ2n) is 3.06. The zero-order chi connectivity index (χ0) is 10.5. The molecule has 0 unspecified atom stereocenters. The van der Waals surface area contributed by atoms with E-state index in [4.69, 9.17) is 4.74 Å². The normalized spacial score (nSPS) is 9.93. The number of nitrogens with zero attached hydrogens (tertiary/aromatic N) is 3. The van der Waals surface area contributed by atoms with Crippen LogP contribution in [0.15, 0.2) is 36.9 Å². The second kappa shape index (κ2) is 4.45. The van der Waals surface area contributed by atoms with Crippen LogP contribution in [-0.2, 0) is 6.54 Å². The van der Waals surface area contributed by atoms with E-state index >= 15 is 0 Å². The van der Waals surface area contributed by atoms with Gasteiger partial charge >= 0.3 is 0 Å². The summed E-state index contributed by atoms with van der Waals surface area (Å²) in [5.74, 6) is 0.859. The molecule has 0 spiro atoms. The van der Waals surface area contributed by atoms with Crippen LogP contribution in [0, 0.1) is 0 Å². The molecule has 0 aliphatic carbocycles. The largest absolute Gasteiger partial charge is 0.497 e. The summed E-state index contributed by atoms with van der Waals surface area (Å²) in [6, 6.07) is 7.89. The maximum atomic E-state index is 5.13. The van der Waals surface area contributed by atoms with Crippen molar-refractivity contribution in [2.45, 2.75) is 6.54 Å². The van der Waals surface area contributed by atoms with Gasteiger partial charge in [-0.1, -0.05) is 12.1 Å². The molecular weight excluding hydrogens is 192 g/mol. The Balaban J connectivity index is 1.98. The first-order chi connectivity index (χ1) is 7.38. The highest BCUT2D eigenvalue weighted by molar-refractivity contribution is 5.28. The van der Waals surface area contributed by atoms with E-state index in [0.29, 0.717) is 6.54 Å². The van der Waals surface area contributed by atoms with Gasteiger partial charge in [-0.25, -0.2) is 4.68 Å². The standard InChI is InChI=1S/C10H12N4O/c1-15-10-4-2-3-9(5-10)6-13-14-7-11-12-8-14/h2-5,7-8,13H,6H2,1H3. The third-order valence-electron chi connectivity index (χ3n) is 2.02. The van der Waals surface area contributed by atoms with Crippen LogP contribution in [0.1, 0.15) is 5.56 Å². The molecule has 0 aliphatic rings. The summed E-state index contributed by atoms with van der Waals surface area (Å²) in [6.07, 6.45) is 3.22. The predicted octanol–water partition coefficient (Wildman–Crippen LogP) is 1.03. The lowest BCUT2D eigenvalue weighted by atomic mass is 10.2. The molecule has 1 heterocycles. The Kier molecular flexibility index (Phi) is 2.82. The van der Waals surface area contributed by atoms with E-state index in [9.17, 15) is 0 Å². The van der Waals surface area contributed by atoms with Crippen molar-refractivity contribution in [2.24, 2.45) is 0 Å². The lowest BCUT2D eigenvalue weighted by Crippen LogP contribution is -2.11. The molecular formula is C10H12N4O. The van der Waals surface area contributed by atoms with Gasteiger partial charge in [-0.3, -0.25) is 0 Å². The van der Waals surface area contributed by atoms with E-state index in [1.807, 2.05) is 24.3 Å². The van der Waals surface area contributed by atoms with Gasteiger partial charge in [0.15, 0.2) is 0 Å². The van der Waals surface area contributed by atoms with E-state index in [1.165, 1.54) is 0 Å². The SMILES string of the molecule is COc1cccc(CNn2cnnc2)c1. The van der Waals surface area contributed by atoms with Gasteiger partial charge in [-0.2, -0.15) is 0 Å². The molecule has 78 valence electrons. The summed E-state index contributed by atoms with van der Waals surface area (Å²) in [4.78, 5) is 0. The van der Waals surface area contributed by atoms with Crippen LogP contribution in [-0.4, -0.2) is 22.0 Å². The minimum atomic E-state index is 0.704. The Morgan fingerprint density at radius 1 is 1.33 bits per heavy atom. The zero-order valence-corrected chi connectivity index (χ0v) is 8.42. The van der Waals surface area contributed by atoms with Crippen LogP contribution in [0.3, 0.4) is 0 Å². The van der Waals surface area contributed by atoms with Crippen molar-refractivity contribution in [3.05, 3.63) is 42.5 Å². The number of hydrogen-bond acceptors (Lipinski definition) is 4. The monoisotopic (exact) mass is 204 g/mol. The summed E-state index contributed by atoms with van der Waals surface area (Å²) in [6.45, 7) is 0.704. The van der Waals surface area contributed by atoms with Gasteiger partial charge in [-0.15, -0.1) is 10.2 Å². The lowest BCUT2D eigenvalue weighted by Gasteiger charge is -2.07. The van der Waals surface area contributed by atoms with Crippen molar-refractivity contribution in [3.63, 3.8) is 0 Å². The molecule has 0 saturated carbocycles. The molecule has 5 nitrogen and oxygen atoms in total. The molecule has 5 heteroatoms. The van der Waals surface area contributed by atoms with Crippen LogP contribution in [0.2, 0.25) is 0 Å². The Hall–Kier alpha value is -2.04. The third-order valence-corrected chi connectivity index (χ3v) is 2.02. The van der Waals surface area contributed by atoms with Crippen LogP contribution < -0.4 is 10.2 Å². The summed E-state index contributed by atoms with van der Waals surface area (Å²) in [5, 5.41) is 7.39. The maximum absolute atomic E-state index is 5.13. The molecule has 15 heavy (non-hydrogen) atoms. The fraction of sp³-hybridized carbons (Fsp3) is 0.200.